The number of rotatable bonds is 6. The Balaban J connectivity index is 1.62. The Labute approximate surface area is 139 Å². The molecule has 0 aromatic heterocycles. The Kier molecular flexibility index (Phi) is 4.70. The minimum atomic E-state index is -0.156. The summed E-state index contributed by atoms with van der Waals surface area (Å²) in [7, 11) is 0. The van der Waals surface area contributed by atoms with Crippen LogP contribution in [-0.2, 0) is 9.59 Å². The van der Waals surface area contributed by atoms with Crippen LogP contribution in [0.5, 0.6) is 5.75 Å². The average molecular weight is 323 g/mol. The van der Waals surface area contributed by atoms with Crippen molar-refractivity contribution in [1.29, 1.82) is 0 Å². The highest BCUT2D eigenvalue weighted by atomic mass is 16.5. The zero-order valence-electron chi connectivity index (χ0n) is 13.1. The van der Waals surface area contributed by atoms with Gasteiger partial charge in [0.2, 0.25) is 11.8 Å². The van der Waals surface area contributed by atoms with Gasteiger partial charge in [-0.15, -0.1) is 0 Å². The fraction of sp³-hybridized carbons (Fsp3) is 0.211. The summed E-state index contributed by atoms with van der Waals surface area (Å²) in [6.07, 6.45) is 0.555. The largest absolute Gasteiger partial charge is 0.492 e. The molecule has 3 rings (SSSR count). The van der Waals surface area contributed by atoms with Crippen LogP contribution in [-0.4, -0.2) is 35.6 Å². The summed E-state index contributed by atoms with van der Waals surface area (Å²) < 4.78 is 5.59. The number of hydrogen-bond acceptors (Lipinski definition) is 4. The molecular weight excluding hydrogens is 306 g/mol. The van der Waals surface area contributed by atoms with E-state index in [1.54, 1.807) is 36.4 Å². The smallest absolute Gasteiger partial charge is 0.229 e. The van der Waals surface area contributed by atoms with Crippen LogP contribution in [0.25, 0.3) is 0 Å². The molecule has 0 aliphatic carbocycles. The molecule has 122 valence electrons. The number of ether oxygens (including phenoxy) is 1. The maximum Gasteiger partial charge on any atom is 0.229 e. The standard InChI is InChI=1S/C19H17NO4/c21-17-9-10-18(22)20(17)11-12-24-16-8-4-7-15(13-16)19(23)14-5-2-1-3-6-14/h1-8,13H,9-12H2. The zero-order chi connectivity index (χ0) is 16.9. The van der Waals surface area contributed by atoms with E-state index >= 15 is 0 Å². The van der Waals surface area contributed by atoms with E-state index in [4.69, 9.17) is 4.74 Å². The van der Waals surface area contributed by atoms with Crippen molar-refractivity contribution < 1.29 is 19.1 Å². The first-order valence-electron chi connectivity index (χ1n) is 7.81. The van der Waals surface area contributed by atoms with Gasteiger partial charge in [-0.2, -0.15) is 0 Å². The number of benzene rings is 2. The molecule has 0 spiro atoms. The second kappa shape index (κ2) is 7.08. The van der Waals surface area contributed by atoms with Crippen molar-refractivity contribution in [2.75, 3.05) is 13.2 Å². The molecule has 0 saturated carbocycles. The number of hydrogen-bond donors (Lipinski definition) is 0. The summed E-state index contributed by atoms with van der Waals surface area (Å²) >= 11 is 0. The third-order valence-corrected chi connectivity index (χ3v) is 3.87. The maximum atomic E-state index is 12.4. The van der Waals surface area contributed by atoms with Crippen LogP contribution >= 0.6 is 0 Å². The highest BCUT2D eigenvalue weighted by Gasteiger charge is 2.28. The highest BCUT2D eigenvalue weighted by molar-refractivity contribution is 6.09. The second-order valence-corrected chi connectivity index (χ2v) is 5.51. The SMILES string of the molecule is O=C(c1ccccc1)c1cccc(OCCN2C(=O)CCC2=O)c1. The Morgan fingerprint density at radius 3 is 2.29 bits per heavy atom. The summed E-state index contributed by atoms with van der Waals surface area (Å²) in [5.41, 5.74) is 1.15. The van der Waals surface area contributed by atoms with E-state index in [1.165, 1.54) is 4.90 Å². The molecule has 0 N–H and O–H groups in total. The van der Waals surface area contributed by atoms with E-state index in [0.29, 0.717) is 16.9 Å². The van der Waals surface area contributed by atoms with Crippen LogP contribution < -0.4 is 4.74 Å². The Hall–Kier alpha value is -2.95. The number of imide groups is 1. The lowest BCUT2D eigenvalue weighted by atomic mass is 10.0. The summed E-state index contributed by atoms with van der Waals surface area (Å²) in [4.78, 5) is 36.7. The molecule has 1 heterocycles. The van der Waals surface area contributed by atoms with Crippen molar-refractivity contribution in [2.24, 2.45) is 0 Å². The molecule has 24 heavy (non-hydrogen) atoms. The highest BCUT2D eigenvalue weighted by Crippen LogP contribution is 2.17. The van der Waals surface area contributed by atoms with Crippen LogP contribution in [0.3, 0.4) is 0 Å². The van der Waals surface area contributed by atoms with Crippen molar-refractivity contribution in [2.45, 2.75) is 12.8 Å². The molecule has 1 fully saturated rings. The molecule has 1 saturated heterocycles. The fourth-order valence-electron chi connectivity index (χ4n) is 2.61. The fourth-order valence-corrected chi connectivity index (χ4v) is 2.61. The Bertz CT molecular complexity index is 754. The van der Waals surface area contributed by atoms with Gasteiger partial charge in [0.05, 0.1) is 6.54 Å². The van der Waals surface area contributed by atoms with Gasteiger partial charge in [0, 0.05) is 24.0 Å². The third kappa shape index (κ3) is 3.51. The molecule has 5 heteroatoms. The third-order valence-electron chi connectivity index (χ3n) is 3.87. The van der Waals surface area contributed by atoms with Crippen molar-refractivity contribution in [3.63, 3.8) is 0 Å². The molecule has 2 aromatic rings. The van der Waals surface area contributed by atoms with Gasteiger partial charge < -0.3 is 4.74 Å². The van der Waals surface area contributed by atoms with E-state index in [2.05, 4.69) is 0 Å². The first-order chi connectivity index (χ1) is 11.6. The van der Waals surface area contributed by atoms with Crippen LogP contribution in [0.2, 0.25) is 0 Å². The van der Waals surface area contributed by atoms with Gasteiger partial charge in [-0.3, -0.25) is 19.3 Å². The van der Waals surface area contributed by atoms with Gasteiger partial charge in [0.25, 0.3) is 0 Å². The van der Waals surface area contributed by atoms with E-state index in [0.717, 1.165) is 0 Å². The molecular formula is C19H17NO4. The van der Waals surface area contributed by atoms with E-state index in [1.807, 2.05) is 18.2 Å². The van der Waals surface area contributed by atoms with Gasteiger partial charge in [0.1, 0.15) is 12.4 Å². The number of likely N-dealkylation sites (tertiary alicyclic amines) is 1. The average Bonchev–Trinajstić information content (AvgIpc) is 2.94. The lowest BCUT2D eigenvalue weighted by molar-refractivity contribution is -0.138. The maximum absolute atomic E-state index is 12.4. The Morgan fingerprint density at radius 1 is 0.917 bits per heavy atom. The minimum Gasteiger partial charge on any atom is -0.492 e. The van der Waals surface area contributed by atoms with Crippen LogP contribution in [0.4, 0.5) is 0 Å². The topological polar surface area (TPSA) is 63.7 Å². The number of carbonyl (C=O) groups is 3. The minimum absolute atomic E-state index is 0.0778. The lowest BCUT2D eigenvalue weighted by Gasteiger charge is -2.14. The second-order valence-electron chi connectivity index (χ2n) is 5.51. The first-order valence-corrected chi connectivity index (χ1v) is 7.81. The van der Waals surface area contributed by atoms with Crippen LogP contribution in [0.1, 0.15) is 28.8 Å². The van der Waals surface area contributed by atoms with Gasteiger partial charge in [-0.1, -0.05) is 42.5 Å². The molecule has 1 aliphatic heterocycles. The van der Waals surface area contributed by atoms with Crippen molar-refractivity contribution in [3.05, 3.63) is 65.7 Å². The van der Waals surface area contributed by atoms with Crippen molar-refractivity contribution in [1.82, 2.24) is 4.90 Å². The van der Waals surface area contributed by atoms with Gasteiger partial charge in [0.15, 0.2) is 5.78 Å². The number of amides is 2. The molecule has 0 atom stereocenters. The summed E-state index contributed by atoms with van der Waals surface area (Å²) in [5, 5.41) is 0. The number of nitrogens with zero attached hydrogens (tertiary/aromatic N) is 1. The molecule has 1 aliphatic rings. The van der Waals surface area contributed by atoms with Crippen LogP contribution in [0.15, 0.2) is 54.6 Å². The molecule has 5 nitrogen and oxygen atoms in total. The number of carbonyl (C=O) groups excluding carboxylic acids is 3. The lowest BCUT2D eigenvalue weighted by Crippen LogP contribution is -2.33. The van der Waals surface area contributed by atoms with E-state index in [-0.39, 0.29) is 43.6 Å². The van der Waals surface area contributed by atoms with E-state index in [9.17, 15) is 14.4 Å². The molecule has 0 unspecified atom stereocenters. The molecule has 0 bridgehead atoms. The predicted octanol–water partition coefficient (Wildman–Crippen LogP) is 2.45. The van der Waals surface area contributed by atoms with Gasteiger partial charge in [-0.05, 0) is 12.1 Å². The normalized spacial score (nSPS) is 14.1. The summed E-state index contributed by atoms with van der Waals surface area (Å²) in [5.74, 6) is 0.148. The predicted molar refractivity (Wildman–Crippen MR) is 87.8 cm³/mol. The molecule has 2 amide bonds. The molecule has 2 aromatic carbocycles. The zero-order valence-corrected chi connectivity index (χ0v) is 13.1. The van der Waals surface area contributed by atoms with Gasteiger partial charge >= 0.3 is 0 Å². The molecule has 0 radical (unpaired) electrons. The van der Waals surface area contributed by atoms with Crippen molar-refractivity contribution in [3.8, 4) is 5.75 Å². The number of ketones is 1. The first kappa shape index (κ1) is 15.9. The Morgan fingerprint density at radius 2 is 1.58 bits per heavy atom. The monoisotopic (exact) mass is 323 g/mol. The quantitative estimate of drug-likeness (QED) is 0.605. The van der Waals surface area contributed by atoms with Crippen molar-refractivity contribution >= 4 is 17.6 Å². The summed E-state index contributed by atoms with van der Waals surface area (Å²) in [6.45, 7) is 0.439. The van der Waals surface area contributed by atoms with E-state index < -0.39 is 0 Å². The van der Waals surface area contributed by atoms with Gasteiger partial charge in [-0.25, -0.2) is 0 Å². The summed E-state index contributed by atoms with van der Waals surface area (Å²) in [6, 6.07) is 15.9. The van der Waals surface area contributed by atoms with Crippen LogP contribution in [0, 0.1) is 0 Å².